The highest BCUT2D eigenvalue weighted by Crippen LogP contribution is 2.22. The number of anilines is 2. The van der Waals surface area contributed by atoms with Crippen molar-refractivity contribution in [2.75, 3.05) is 10.6 Å². The van der Waals surface area contributed by atoms with E-state index in [1.807, 2.05) is 0 Å². The maximum absolute atomic E-state index is 12.5. The number of nitrogens with one attached hydrogen (secondary N) is 2. The third-order valence-electron chi connectivity index (χ3n) is 3.97. The van der Waals surface area contributed by atoms with E-state index in [9.17, 15) is 9.59 Å². The van der Waals surface area contributed by atoms with Crippen LogP contribution in [0.5, 0.6) is 5.75 Å². The van der Waals surface area contributed by atoms with Crippen LogP contribution < -0.4 is 15.4 Å². The van der Waals surface area contributed by atoms with E-state index < -0.39 is 0 Å². The van der Waals surface area contributed by atoms with Crippen LogP contribution in [0, 0.1) is 0 Å². The minimum atomic E-state index is -0.317. The average Bonchev–Trinajstić information content (AvgIpc) is 2.70. The van der Waals surface area contributed by atoms with Crippen LogP contribution in [0.3, 0.4) is 0 Å². The van der Waals surface area contributed by atoms with Gasteiger partial charge >= 0.3 is 0 Å². The number of carbonyl (C=O) groups excluding carboxylic acids is 2. The van der Waals surface area contributed by atoms with Crippen molar-refractivity contribution in [1.82, 2.24) is 0 Å². The second-order valence-electron chi connectivity index (χ2n) is 6.11. The quantitative estimate of drug-likeness (QED) is 0.414. The van der Waals surface area contributed by atoms with Gasteiger partial charge in [0.15, 0.2) is 5.78 Å². The van der Waals surface area contributed by atoms with Crippen molar-refractivity contribution in [2.45, 2.75) is 6.92 Å². The molecule has 29 heavy (non-hydrogen) atoms. The van der Waals surface area contributed by atoms with Gasteiger partial charge in [-0.2, -0.15) is 0 Å². The first-order chi connectivity index (χ1) is 13.9. The van der Waals surface area contributed by atoms with E-state index in [4.69, 9.17) is 28.6 Å². The maximum atomic E-state index is 12.5. The molecule has 1 amide bonds. The number of para-hydroxylation sites is 1. The molecule has 0 aliphatic heterocycles. The van der Waals surface area contributed by atoms with Crippen molar-refractivity contribution in [2.24, 2.45) is 0 Å². The molecule has 0 saturated heterocycles. The molecule has 0 aliphatic rings. The molecular formula is C22H17ClN2O3S. The lowest BCUT2D eigenvalue weighted by Gasteiger charge is -2.11. The molecule has 3 aromatic rings. The summed E-state index contributed by atoms with van der Waals surface area (Å²) in [5, 5.41) is 6.26. The van der Waals surface area contributed by atoms with Crippen molar-refractivity contribution < 1.29 is 14.3 Å². The average molecular weight is 425 g/mol. The fourth-order valence-electron chi connectivity index (χ4n) is 2.50. The second-order valence-corrected chi connectivity index (χ2v) is 6.89. The SMILES string of the molecule is CC(=O)c1ccc(NC(=S)Oc2cccc(C(=O)Nc3ccccc3Cl)c2)cc1. The predicted octanol–water partition coefficient (Wildman–Crippen LogP) is 5.57. The first kappa shape index (κ1) is 20.5. The molecule has 0 atom stereocenters. The molecule has 0 spiro atoms. The van der Waals surface area contributed by atoms with Gasteiger partial charge in [0.05, 0.1) is 10.7 Å². The minimum absolute atomic E-state index is 0.0118. The fourth-order valence-corrected chi connectivity index (χ4v) is 2.89. The molecule has 0 fully saturated rings. The van der Waals surface area contributed by atoms with Gasteiger partial charge in [-0.1, -0.05) is 29.8 Å². The molecule has 0 aromatic heterocycles. The van der Waals surface area contributed by atoms with Crippen molar-refractivity contribution in [3.8, 4) is 5.75 Å². The Hall–Kier alpha value is -3.22. The van der Waals surface area contributed by atoms with Crippen molar-refractivity contribution in [3.63, 3.8) is 0 Å². The lowest BCUT2D eigenvalue weighted by molar-refractivity contribution is 0.101. The van der Waals surface area contributed by atoms with E-state index in [0.717, 1.165) is 0 Å². The summed E-state index contributed by atoms with van der Waals surface area (Å²) in [5.41, 5.74) is 2.22. The zero-order valence-corrected chi connectivity index (χ0v) is 17.0. The van der Waals surface area contributed by atoms with Gasteiger partial charge in [-0.3, -0.25) is 9.59 Å². The molecule has 2 N–H and O–H groups in total. The van der Waals surface area contributed by atoms with E-state index in [2.05, 4.69) is 10.6 Å². The number of hydrogen-bond acceptors (Lipinski definition) is 4. The van der Waals surface area contributed by atoms with Gasteiger partial charge in [0.1, 0.15) is 5.75 Å². The summed E-state index contributed by atoms with van der Waals surface area (Å²) in [6.07, 6.45) is 0. The molecule has 5 nitrogen and oxygen atoms in total. The summed E-state index contributed by atoms with van der Waals surface area (Å²) in [4.78, 5) is 23.8. The topological polar surface area (TPSA) is 67.4 Å². The number of ether oxygens (including phenoxy) is 1. The zero-order chi connectivity index (χ0) is 20.8. The van der Waals surface area contributed by atoms with Crippen LogP contribution in [0.15, 0.2) is 72.8 Å². The Bertz CT molecular complexity index is 1070. The maximum Gasteiger partial charge on any atom is 0.266 e. The Morgan fingerprint density at radius 2 is 1.62 bits per heavy atom. The van der Waals surface area contributed by atoms with Gasteiger partial charge in [-0.15, -0.1) is 0 Å². The highest BCUT2D eigenvalue weighted by atomic mass is 35.5. The Balaban J connectivity index is 1.64. The first-order valence-corrected chi connectivity index (χ1v) is 9.47. The van der Waals surface area contributed by atoms with Crippen molar-refractivity contribution in [1.29, 1.82) is 0 Å². The number of thiocarbonyl (C=S) groups is 1. The van der Waals surface area contributed by atoms with Crippen LogP contribution in [0.25, 0.3) is 0 Å². The van der Waals surface area contributed by atoms with E-state index in [1.165, 1.54) is 6.92 Å². The Kier molecular flexibility index (Phi) is 6.59. The summed E-state index contributed by atoms with van der Waals surface area (Å²) >= 11 is 11.3. The van der Waals surface area contributed by atoms with Gasteiger partial charge < -0.3 is 15.4 Å². The van der Waals surface area contributed by atoms with E-state index in [1.54, 1.807) is 72.8 Å². The lowest BCUT2D eigenvalue weighted by Crippen LogP contribution is -2.17. The van der Waals surface area contributed by atoms with E-state index in [0.29, 0.717) is 33.3 Å². The normalized spacial score (nSPS) is 10.1. The summed E-state index contributed by atoms with van der Waals surface area (Å²) in [6, 6.07) is 20.5. The highest BCUT2D eigenvalue weighted by Gasteiger charge is 2.10. The molecule has 0 saturated carbocycles. The monoisotopic (exact) mass is 424 g/mol. The van der Waals surface area contributed by atoms with Crippen LogP contribution >= 0.6 is 23.8 Å². The summed E-state index contributed by atoms with van der Waals surface area (Å²) < 4.78 is 5.61. The van der Waals surface area contributed by atoms with Gasteiger partial charge in [0.25, 0.3) is 11.1 Å². The molecule has 0 bridgehead atoms. The standard InChI is InChI=1S/C22H17ClN2O3S/c1-14(26)15-9-11-17(12-10-15)24-22(29)28-18-6-4-5-16(13-18)21(27)25-20-8-3-2-7-19(20)23/h2-13H,1H3,(H,24,29)(H,25,27). The van der Waals surface area contributed by atoms with Gasteiger partial charge in [-0.25, -0.2) is 0 Å². The van der Waals surface area contributed by atoms with Crippen molar-refractivity contribution in [3.05, 3.63) is 88.9 Å². The summed E-state index contributed by atoms with van der Waals surface area (Å²) in [5.74, 6) is 0.0826. The predicted molar refractivity (Wildman–Crippen MR) is 119 cm³/mol. The molecule has 7 heteroatoms. The zero-order valence-electron chi connectivity index (χ0n) is 15.4. The molecule has 3 rings (SSSR count). The molecule has 146 valence electrons. The number of Topliss-reactive ketones (excluding diaryl/α,β-unsaturated/α-hetero) is 1. The highest BCUT2D eigenvalue weighted by molar-refractivity contribution is 7.80. The van der Waals surface area contributed by atoms with Crippen LogP contribution in [-0.2, 0) is 0 Å². The third kappa shape index (κ3) is 5.63. The van der Waals surface area contributed by atoms with Crippen LogP contribution in [0.2, 0.25) is 5.02 Å². The lowest BCUT2D eigenvalue weighted by atomic mass is 10.1. The van der Waals surface area contributed by atoms with Gasteiger partial charge in [0, 0.05) is 16.8 Å². The number of carbonyl (C=O) groups is 2. The number of hydrogen-bond donors (Lipinski definition) is 2. The Morgan fingerprint density at radius 1 is 0.897 bits per heavy atom. The summed E-state index contributed by atoms with van der Waals surface area (Å²) in [6.45, 7) is 1.51. The van der Waals surface area contributed by atoms with Crippen molar-refractivity contribution >= 4 is 52.1 Å². The Labute approximate surface area is 178 Å². The number of rotatable bonds is 5. The number of halogens is 1. The summed E-state index contributed by atoms with van der Waals surface area (Å²) in [7, 11) is 0. The van der Waals surface area contributed by atoms with Crippen LogP contribution in [0.4, 0.5) is 11.4 Å². The molecule has 0 radical (unpaired) electrons. The minimum Gasteiger partial charge on any atom is -0.432 e. The molecule has 3 aromatic carbocycles. The largest absolute Gasteiger partial charge is 0.432 e. The van der Waals surface area contributed by atoms with Gasteiger partial charge in [-0.05, 0) is 73.7 Å². The molecule has 0 heterocycles. The van der Waals surface area contributed by atoms with E-state index in [-0.39, 0.29) is 16.9 Å². The number of benzene rings is 3. The molecule has 0 unspecified atom stereocenters. The molecular weight excluding hydrogens is 408 g/mol. The Morgan fingerprint density at radius 3 is 2.31 bits per heavy atom. The van der Waals surface area contributed by atoms with Crippen LogP contribution in [-0.4, -0.2) is 16.9 Å². The second kappa shape index (κ2) is 9.32. The van der Waals surface area contributed by atoms with E-state index >= 15 is 0 Å². The van der Waals surface area contributed by atoms with Crippen LogP contribution in [0.1, 0.15) is 27.6 Å². The smallest absolute Gasteiger partial charge is 0.266 e. The first-order valence-electron chi connectivity index (χ1n) is 8.68. The molecule has 0 aliphatic carbocycles. The van der Waals surface area contributed by atoms with Gasteiger partial charge in [0.2, 0.25) is 0 Å². The third-order valence-corrected chi connectivity index (χ3v) is 4.48. The fraction of sp³-hybridized carbons (Fsp3) is 0.0455. The number of amides is 1. The number of ketones is 1.